The predicted octanol–water partition coefficient (Wildman–Crippen LogP) is 1.72. The monoisotopic (exact) mass is 237 g/mol. The summed E-state index contributed by atoms with van der Waals surface area (Å²) < 4.78 is 7.67. The molecule has 2 rings (SSSR count). The quantitative estimate of drug-likeness (QED) is 0.782. The molecule has 0 amide bonds. The first-order valence-corrected chi connectivity index (χ1v) is 6.29. The Morgan fingerprint density at radius 2 is 2.24 bits per heavy atom. The van der Waals surface area contributed by atoms with Crippen LogP contribution in [0.1, 0.15) is 44.9 Å². The molecule has 0 radical (unpaired) electrons. The van der Waals surface area contributed by atoms with Gasteiger partial charge in [0, 0.05) is 19.4 Å². The number of hydrogen-bond acceptors (Lipinski definition) is 4. The normalized spacial score (nSPS) is 17.6. The molecule has 0 aromatic carbocycles. The van der Waals surface area contributed by atoms with Gasteiger partial charge in [0.25, 0.3) is 0 Å². The molecule has 1 aliphatic rings. The third-order valence-corrected chi connectivity index (χ3v) is 3.07. The van der Waals surface area contributed by atoms with Crippen LogP contribution in [-0.2, 0) is 22.7 Å². The highest BCUT2D eigenvalue weighted by molar-refractivity contribution is 5.79. The second-order valence-electron chi connectivity index (χ2n) is 4.45. The van der Waals surface area contributed by atoms with Crippen LogP contribution < -0.4 is 0 Å². The summed E-state index contributed by atoms with van der Waals surface area (Å²) in [6.07, 6.45) is 5.83. The molecule has 0 N–H and O–H groups in total. The largest absolute Gasteiger partial charge is 0.370 e. The topological polar surface area (TPSA) is 57.0 Å². The van der Waals surface area contributed by atoms with E-state index in [9.17, 15) is 4.79 Å². The second kappa shape index (κ2) is 5.91. The number of aryl methyl sites for hydroxylation is 1. The van der Waals surface area contributed by atoms with Gasteiger partial charge in [-0.3, -0.25) is 4.79 Å². The summed E-state index contributed by atoms with van der Waals surface area (Å²) in [5.41, 5.74) is 0. The maximum absolute atomic E-state index is 11.1. The van der Waals surface area contributed by atoms with Crippen LogP contribution in [0.5, 0.6) is 0 Å². The van der Waals surface area contributed by atoms with Gasteiger partial charge in [0.05, 0.1) is 6.10 Å². The minimum atomic E-state index is 0.208. The number of hydrogen-bond donors (Lipinski definition) is 0. The zero-order valence-corrected chi connectivity index (χ0v) is 10.3. The highest BCUT2D eigenvalue weighted by atomic mass is 16.5. The molecular formula is C12H19N3O2. The van der Waals surface area contributed by atoms with Crippen molar-refractivity contribution in [3.63, 3.8) is 0 Å². The summed E-state index contributed by atoms with van der Waals surface area (Å²) in [4.78, 5) is 15.3. The summed E-state index contributed by atoms with van der Waals surface area (Å²) in [6.45, 7) is 3.49. The molecule has 5 nitrogen and oxygen atoms in total. The lowest BCUT2D eigenvalue weighted by Crippen LogP contribution is -2.22. The maximum Gasteiger partial charge on any atom is 0.152 e. The molecular weight excluding hydrogens is 218 g/mol. The summed E-state index contributed by atoms with van der Waals surface area (Å²) >= 11 is 0. The molecule has 0 unspecified atom stereocenters. The van der Waals surface area contributed by atoms with Crippen LogP contribution in [0.2, 0.25) is 0 Å². The molecule has 1 aromatic heterocycles. The van der Waals surface area contributed by atoms with E-state index in [0.29, 0.717) is 25.2 Å². The number of rotatable bonds is 5. The Bertz CT molecular complexity index is 366. The summed E-state index contributed by atoms with van der Waals surface area (Å²) in [6, 6.07) is 0. The van der Waals surface area contributed by atoms with Gasteiger partial charge in [0.2, 0.25) is 0 Å². The van der Waals surface area contributed by atoms with Crippen molar-refractivity contribution in [2.24, 2.45) is 0 Å². The summed E-state index contributed by atoms with van der Waals surface area (Å²) in [7, 11) is 0. The fourth-order valence-electron chi connectivity index (χ4n) is 2.07. The third kappa shape index (κ3) is 3.36. The number of ether oxygens (including phenoxy) is 1. The van der Waals surface area contributed by atoms with Gasteiger partial charge >= 0.3 is 0 Å². The van der Waals surface area contributed by atoms with E-state index in [2.05, 4.69) is 17.0 Å². The van der Waals surface area contributed by atoms with E-state index in [0.717, 1.165) is 31.6 Å². The Hall–Kier alpha value is -1.23. The molecule has 0 spiro atoms. The first kappa shape index (κ1) is 12.2. The summed E-state index contributed by atoms with van der Waals surface area (Å²) in [5, 5.41) is 4.15. The minimum Gasteiger partial charge on any atom is -0.370 e. The van der Waals surface area contributed by atoms with Crippen molar-refractivity contribution in [3.05, 3.63) is 12.2 Å². The van der Waals surface area contributed by atoms with Crippen molar-refractivity contribution in [2.45, 2.75) is 58.3 Å². The van der Waals surface area contributed by atoms with Crippen LogP contribution in [0.4, 0.5) is 0 Å². The fourth-order valence-corrected chi connectivity index (χ4v) is 2.07. The second-order valence-corrected chi connectivity index (χ2v) is 4.45. The Morgan fingerprint density at radius 1 is 1.47 bits per heavy atom. The molecule has 5 heteroatoms. The van der Waals surface area contributed by atoms with E-state index in [-0.39, 0.29) is 6.10 Å². The lowest BCUT2D eigenvalue weighted by molar-refractivity contribution is -0.123. The molecule has 1 aliphatic carbocycles. The number of ketones is 1. The van der Waals surface area contributed by atoms with Gasteiger partial charge in [-0.1, -0.05) is 6.92 Å². The average Bonchev–Trinajstić information content (AvgIpc) is 2.77. The third-order valence-electron chi connectivity index (χ3n) is 3.07. The van der Waals surface area contributed by atoms with Crippen LogP contribution in [0, 0.1) is 0 Å². The van der Waals surface area contributed by atoms with Crippen LogP contribution in [0.25, 0.3) is 0 Å². The van der Waals surface area contributed by atoms with E-state index in [4.69, 9.17) is 4.74 Å². The van der Waals surface area contributed by atoms with Crippen molar-refractivity contribution in [3.8, 4) is 0 Å². The van der Waals surface area contributed by atoms with Crippen molar-refractivity contribution < 1.29 is 9.53 Å². The van der Waals surface area contributed by atoms with E-state index < -0.39 is 0 Å². The molecule has 0 aliphatic heterocycles. The standard InChI is InChI=1S/C12H19N3O2/c1-2-7-15-12(13-9-14-15)8-17-11-5-3-10(16)4-6-11/h9,11H,2-8H2,1H3. The smallest absolute Gasteiger partial charge is 0.152 e. The van der Waals surface area contributed by atoms with Crippen LogP contribution in [0.3, 0.4) is 0 Å². The fraction of sp³-hybridized carbons (Fsp3) is 0.750. The van der Waals surface area contributed by atoms with Gasteiger partial charge in [0.1, 0.15) is 18.7 Å². The van der Waals surface area contributed by atoms with Gasteiger partial charge in [0.15, 0.2) is 5.82 Å². The SMILES string of the molecule is CCCn1ncnc1COC1CCC(=O)CC1. The van der Waals surface area contributed by atoms with E-state index >= 15 is 0 Å². The van der Waals surface area contributed by atoms with Crippen molar-refractivity contribution in [1.29, 1.82) is 0 Å². The van der Waals surface area contributed by atoms with E-state index in [1.54, 1.807) is 6.33 Å². The molecule has 0 saturated heterocycles. The van der Waals surface area contributed by atoms with Crippen LogP contribution in [-0.4, -0.2) is 26.7 Å². The Morgan fingerprint density at radius 3 is 2.94 bits per heavy atom. The van der Waals surface area contributed by atoms with Crippen LogP contribution >= 0.6 is 0 Å². The van der Waals surface area contributed by atoms with Gasteiger partial charge in [-0.2, -0.15) is 5.10 Å². The van der Waals surface area contributed by atoms with Gasteiger partial charge < -0.3 is 4.74 Å². The predicted molar refractivity (Wildman–Crippen MR) is 62.4 cm³/mol. The molecule has 1 saturated carbocycles. The highest BCUT2D eigenvalue weighted by Crippen LogP contribution is 2.18. The number of nitrogens with zero attached hydrogens (tertiary/aromatic N) is 3. The number of carbonyl (C=O) groups excluding carboxylic acids is 1. The zero-order chi connectivity index (χ0) is 12.1. The van der Waals surface area contributed by atoms with Crippen molar-refractivity contribution in [2.75, 3.05) is 0 Å². The lowest BCUT2D eigenvalue weighted by atomic mass is 9.96. The first-order chi connectivity index (χ1) is 8.29. The molecule has 0 atom stereocenters. The first-order valence-electron chi connectivity index (χ1n) is 6.29. The van der Waals surface area contributed by atoms with Gasteiger partial charge in [-0.05, 0) is 19.3 Å². The zero-order valence-electron chi connectivity index (χ0n) is 10.3. The molecule has 0 bridgehead atoms. The molecule has 94 valence electrons. The van der Waals surface area contributed by atoms with E-state index in [1.807, 2.05) is 4.68 Å². The van der Waals surface area contributed by atoms with E-state index in [1.165, 1.54) is 0 Å². The number of Topliss-reactive ketones (excluding diaryl/α,β-unsaturated/α-hetero) is 1. The average molecular weight is 237 g/mol. The lowest BCUT2D eigenvalue weighted by Gasteiger charge is -2.21. The Kier molecular flexibility index (Phi) is 4.25. The minimum absolute atomic E-state index is 0.208. The highest BCUT2D eigenvalue weighted by Gasteiger charge is 2.19. The van der Waals surface area contributed by atoms with Gasteiger partial charge in [-0.25, -0.2) is 9.67 Å². The molecule has 1 fully saturated rings. The molecule has 1 heterocycles. The number of aromatic nitrogens is 3. The van der Waals surface area contributed by atoms with Crippen LogP contribution in [0.15, 0.2) is 6.33 Å². The molecule has 1 aromatic rings. The Labute approximate surface area is 101 Å². The van der Waals surface area contributed by atoms with Crippen molar-refractivity contribution in [1.82, 2.24) is 14.8 Å². The molecule has 17 heavy (non-hydrogen) atoms. The van der Waals surface area contributed by atoms with Crippen molar-refractivity contribution >= 4 is 5.78 Å². The number of carbonyl (C=O) groups is 1. The maximum atomic E-state index is 11.1. The van der Waals surface area contributed by atoms with Gasteiger partial charge in [-0.15, -0.1) is 0 Å². The Balaban J connectivity index is 1.81. The summed E-state index contributed by atoms with van der Waals surface area (Å²) in [5.74, 6) is 1.24.